The second-order valence-corrected chi connectivity index (χ2v) is 4.54. The summed E-state index contributed by atoms with van der Waals surface area (Å²) in [4.78, 5) is 10.5. The fourth-order valence-corrected chi connectivity index (χ4v) is 1.65. The molecule has 3 N–H and O–H groups in total. The van der Waals surface area contributed by atoms with E-state index in [9.17, 15) is 9.90 Å². The van der Waals surface area contributed by atoms with E-state index in [1.807, 2.05) is 37.3 Å². The molecule has 0 aliphatic carbocycles. The number of aliphatic carboxylic acids is 1. The van der Waals surface area contributed by atoms with Crippen molar-refractivity contribution in [3.63, 3.8) is 0 Å². The summed E-state index contributed by atoms with van der Waals surface area (Å²) in [5.41, 5.74) is 1.10. The minimum absolute atomic E-state index is 0.0582. The van der Waals surface area contributed by atoms with Gasteiger partial charge >= 0.3 is 5.97 Å². The second-order valence-electron chi connectivity index (χ2n) is 4.54. The molecule has 1 unspecified atom stereocenters. The van der Waals surface area contributed by atoms with Gasteiger partial charge in [0.05, 0.1) is 12.1 Å². The molecule has 4 heteroatoms. The highest BCUT2D eigenvalue weighted by atomic mass is 16.4. The summed E-state index contributed by atoms with van der Waals surface area (Å²) in [5.74, 6) is -0.959. The number of aliphatic hydroxyl groups is 1. The molecule has 0 aliphatic heterocycles. The highest BCUT2D eigenvalue weighted by molar-refractivity contribution is 5.80. The van der Waals surface area contributed by atoms with Crippen molar-refractivity contribution in [1.29, 1.82) is 0 Å². The van der Waals surface area contributed by atoms with Gasteiger partial charge in [0, 0.05) is 12.6 Å². The first-order chi connectivity index (χ1) is 8.48. The zero-order valence-corrected chi connectivity index (χ0v) is 10.7. The van der Waals surface area contributed by atoms with Crippen LogP contribution in [0.3, 0.4) is 0 Å². The molecule has 0 aromatic heterocycles. The minimum atomic E-state index is -0.959. The number of hydrogen-bond acceptors (Lipinski definition) is 3. The molecular formula is C14H19NO3. The Labute approximate surface area is 107 Å². The van der Waals surface area contributed by atoms with Crippen LogP contribution < -0.4 is 5.32 Å². The summed E-state index contributed by atoms with van der Waals surface area (Å²) >= 11 is 0. The van der Waals surface area contributed by atoms with Crippen LogP contribution in [0, 0.1) is 0 Å². The molecular weight excluding hydrogens is 230 g/mol. The van der Waals surface area contributed by atoms with Crippen molar-refractivity contribution in [2.24, 2.45) is 0 Å². The maximum Gasteiger partial charge on any atom is 0.328 e. The predicted octanol–water partition coefficient (Wildman–Crippen LogP) is 1.51. The zero-order valence-electron chi connectivity index (χ0n) is 10.7. The lowest BCUT2D eigenvalue weighted by Crippen LogP contribution is -2.43. The lowest BCUT2D eigenvalue weighted by atomic mass is 9.92. The van der Waals surface area contributed by atoms with Crippen LogP contribution in [-0.4, -0.2) is 29.3 Å². The minimum Gasteiger partial charge on any atom is -0.478 e. The van der Waals surface area contributed by atoms with Crippen LogP contribution in [-0.2, 0) is 10.3 Å². The van der Waals surface area contributed by atoms with E-state index in [-0.39, 0.29) is 6.61 Å². The Hall–Kier alpha value is -1.65. The Morgan fingerprint density at radius 3 is 2.50 bits per heavy atom. The average Bonchev–Trinajstić information content (AvgIpc) is 2.36. The maximum atomic E-state index is 10.5. The quantitative estimate of drug-likeness (QED) is 0.668. The fraction of sp³-hybridized carbons (Fsp3) is 0.357. The third-order valence-electron chi connectivity index (χ3n) is 2.85. The Balaban J connectivity index is 2.76. The SMILES string of the molecule is C/C(=C/C(=O)O)CNC(C)(CO)c1ccccc1. The Morgan fingerprint density at radius 2 is 2.00 bits per heavy atom. The lowest BCUT2D eigenvalue weighted by molar-refractivity contribution is -0.131. The highest BCUT2D eigenvalue weighted by Gasteiger charge is 2.24. The number of hydrogen-bond donors (Lipinski definition) is 3. The van der Waals surface area contributed by atoms with Gasteiger partial charge in [-0.25, -0.2) is 4.79 Å². The van der Waals surface area contributed by atoms with E-state index in [4.69, 9.17) is 5.11 Å². The van der Waals surface area contributed by atoms with Crippen LogP contribution in [0.4, 0.5) is 0 Å². The standard InChI is InChI=1S/C14H19NO3/c1-11(8-13(17)18)9-15-14(2,10-16)12-6-4-3-5-7-12/h3-8,15-16H,9-10H2,1-2H3,(H,17,18)/b11-8-. The molecule has 1 atom stereocenters. The first kappa shape index (κ1) is 14.4. The van der Waals surface area contributed by atoms with Crippen LogP contribution in [0.25, 0.3) is 0 Å². The van der Waals surface area contributed by atoms with Crippen molar-refractivity contribution in [1.82, 2.24) is 5.32 Å². The summed E-state index contributed by atoms with van der Waals surface area (Å²) in [5, 5.41) is 21.4. The topological polar surface area (TPSA) is 69.6 Å². The molecule has 0 amide bonds. The number of carboxylic acid groups (broad SMARTS) is 1. The van der Waals surface area contributed by atoms with E-state index < -0.39 is 11.5 Å². The molecule has 18 heavy (non-hydrogen) atoms. The van der Waals surface area contributed by atoms with Crippen LogP contribution in [0.5, 0.6) is 0 Å². The van der Waals surface area contributed by atoms with Crippen molar-refractivity contribution in [2.45, 2.75) is 19.4 Å². The monoisotopic (exact) mass is 249 g/mol. The zero-order chi connectivity index (χ0) is 13.6. The molecule has 0 saturated heterocycles. The van der Waals surface area contributed by atoms with Gasteiger partial charge in [0.2, 0.25) is 0 Å². The van der Waals surface area contributed by atoms with Gasteiger partial charge in [0.25, 0.3) is 0 Å². The average molecular weight is 249 g/mol. The number of carbonyl (C=O) groups is 1. The molecule has 0 heterocycles. The van der Waals surface area contributed by atoms with E-state index in [2.05, 4.69) is 5.32 Å². The normalized spacial score (nSPS) is 15.2. The number of carboxylic acids is 1. The van der Waals surface area contributed by atoms with E-state index in [1.54, 1.807) is 6.92 Å². The van der Waals surface area contributed by atoms with E-state index in [1.165, 1.54) is 0 Å². The fourth-order valence-electron chi connectivity index (χ4n) is 1.65. The first-order valence-electron chi connectivity index (χ1n) is 5.79. The number of aliphatic hydroxyl groups excluding tert-OH is 1. The van der Waals surface area contributed by atoms with E-state index >= 15 is 0 Å². The van der Waals surface area contributed by atoms with Gasteiger partial charge in [-0.1, -0.05) is 35.9 Å². The summed E-state index contributed by atoms with van der Waals surface area (Å²) < 4.78 is 0. The van der Waals surface area contributed by atoms with E-state index in [0.29, 0.717) is 12.1 Å². The summed E-state index contributed by atoms with van der Waals surface area (Å²) in [6.45, 7) is 3.98. The van der Waals surface area contributed by atoms with Crippen LogP contribution >= 0.6 is 0 Å². The number of rotatable bonds is 6. The molecule has 0 saturated carbocycles. The summed E-state index contributed by atoms with van der Waals surface area (Å²) in [7, 11) is 0. The Bertz CT molecular complexity index is 428. The molecule has 1 aromatic carbocycles. The molecule has 0 spiro atoms. The highest BCUT2D eigenvalue weighted by Crippen LogP contribution is 2.19. The molecule has 1 aromatic rings. The third-order valence-corrected chi connectivity index (χ3v) is 2.85. The molecule has 0 radical (unpaired) electrons. The van der Waals surface area contributed by atoms with Crippen molar-refractivity contribution in [3.05, 3.63) is 47.5 Å². The molecule has 4 nitrogen and oxygen atoms in total. The maximum absolute atomic E-state index is 10.5. The largest absolute Gasteiger partial charge is 0.478 e. The molecule has 0 fully saturated rings. The van der Waals surface area contributed by atoms with Gasteiger partial charge in [-0.2, -0.15) is 0 Å². The molecule has 1 rings (SSSR count). The van der Waals surface area contributed by atoms with Crippen molar-refractivity contribution in [2.75, 3.05) is 13.2 Å². The molecule has 0 aliphatic rings. The summed E-state index contributed by atoms with van der Waals surface area (Å²) in [6.07, 6.45) is 1.16. The Kier molecular flexibility index (Phi) is 5.07. The number of nitrogens with one attached hydrogen (secondary N) is 1. The van der Waals surface area contributed by atoms with Gasteiger partial charge in [-0.3, -0.25) is 0 Å². The van der Waals surface area contributed by atoms with Gasteiger partial charge in [-0.15, -0.1) is 0 Å². The van der Waals surface area contributed by atoms with Gasteiger partial charge in [0.15, 0.2) is 0 Å². The number of benzene rings is 1. The van der Waals surface area contributed by atoms with Crippen molar-refractivity contribution in [3.8, 4) is 0 Å². The van der Waals surface area contributed by atoms with Crippen molar-refractivity contribution >= 4 is 5.97 Å². The van der Waals surface area contributed by atoms with Crippen molar-refractivity contribution < 1.29 is 15.0 Å². The third kappa shape index (κ3) is 3.98. The van der Waals surface area contributed by atoms with Crippen LogP contribution in [0.15, 0.2) is 42.0 Å². The molecule has 98 valence electrons. The smallest absolute Gasteiger partial charge is 0.328 e. The summed E-state index contributed by atoms with van der Waals surface area (Å²) in [6, 6.07) is 9.59. The second kappa shape index (κ2) is 6.33. The van der Waals surface area contributed by atoms with Gasteiger partial charge < -0.3 is 15.5 Å². The van der Waals surface area contributed by atoms with E-state index in [0.717, 1.165) is 11.6 Å². The molecule has 0 bridgehead atoms. The first-order valence-corrected chi connectivity index (χ1v) is 5.79. The van der Waals surface area contributed by atoms with Crippen LogP contribution in [0.2, 0.25) is 0 Å². The van der Waals surface area contributed by atoms with Crippen LogP contribution in [0.1, 0.15) is 19.4 Å². The van der Waals surface area contributed by atoms with Gasteiger partial charge in [-0.05, 0) is 19.4 Å². The Morgan fingerprint density at radius 1 is 1.39 bits per heavy atom. The lowest BCUT2D eigenvalue weighted by Gasteiger charge is -2.29. The van der Waals surface area contributed by atoms with Gasteiger partial charge in [0.1, 0.15) is 0 Å². The predicted molar refractivity (Wildman–Crippen MR) is 70.3 cm³/mol.